The number of methoxy groups -OCH3 is 1. The van der Waals surface area contributed by atoms with E-state index in [2.05, 4.69) is 44.5 Å². The molecule has 462 valence electrons. The van der Waals surface area contributed by atoms with E-state index >= 15 is 0 Å². The van der Waals surface area contributed by atoms with Crippen LogP contribution in [0.1, 0.15) is 113 Å². The Labute approximate surface area is 500 Å². The number of carbonyl (C=O) groups is 2. The van der Waals surface area contributed by atoms with Crippen LogP contribution in [0.3, 0.4) is 0 Å². The molecule has 5 saturated heterocycles. The van der Waals surface area contributed by atoms with Gasteiger partial charge in [-0.05, 0) is 101 Å². The fourth-order valence-electron chi connectivity index (χ4n) is 16.4. The summed E-state index contributed by atoms with van der Waals surface area (Å²) in [5, 5.41) is 88.3. The zero-order valence-corrected chi connectivity index (χ0v) is 51.3. The van der Waals surface area contributed by atoms with Gasteiger partial charge in [0.05, 0.1) is 43.4 Å². The molecule has 0 aromatic carbocycles. The third-order valence-electron chi connectivity index (χ3n) is 20.2. The minimum Gasteiger partial charge on any atom is -0.726 e. The molecule has 5 aliphatic heterocycles. The van der Waals surface area contributed by atoms with Gasteiger partial charge in [-0.3, -0.25) is 13.8 Å². The number of hydrogen-bond donors (Lipinski definition) is 8. The first-order chi connectivity index (χ1) is 37.9. The van der Waals surface area contributed by atoms with Crippen molar-refractivity contribution in [1.29, 1.82) is 0 Å². The number of allylic oxidation sites excluding steroid dienone is 3. The van der Waals surface area contributed by atoms with E-state index in [1.165, 1.54) is 26.5 Å². The Kier molecular flexibility index (Phi) is 20.2. The van der Waals surface area contributed by atoms with E-state index in [-0.39, 0.29) is 58.7 Å². The van der Waals surface area contributed by atoms with Gasteiger partial charge in [0.1, 0.15) is 91.1 Å². The summed E-state index contributed by atoms with van der Waals surface area (Å²) in [7, 11) is -4.20. The SMILES string of the molecule is C=C(C)CCC[C@]1(C)OC(=O)[C@]23CC[C@@H]4C(=CCC5C(C)(C)[C@@H](O[C@@H]6OC[C@@H](OS(=O)(=O)[O-])[C@H](O)[C@H]6O[C@@H]6O[C@H](C)[C@@H](O[C@@H]7OC[C@@H](O)[C@H](O[C@@H]8O[C@H](CO)[C@@H](O)[C@H](OC)[C@H]8O)[C@H]7O)[C@H](O)[C@H]6O)CC[C@@]54C)[C@]2(C)C[C@H](OC(C)=O)[C@@H]31.[Na+]. The van der Waals surface area contributed by atoms with Crippen molar-refractivity contribution in [3.8, 4) is 0 Å². The van der Waals surface area contributed by atoms with Gasteiger partial charge in [-0.2, -0.15) is 0 Å². The first-order valence-electron chi connectivity index (χ1n) is 28.3. The summed E-state index contributed by atoms with van der Waals surface area (Å²) < 4.78 is 106. The predicted octanol–water partition coefficient (Wildman–Crippen LogP) is -2.72. The number of fused-ring (bicyclic) bond motifs is 4. The average molecular weight is 1200 g/mol. The molecule has 9 aliphatic rings. The van der Waals surface area contributed by atoms with E-state index in [0.29, 0.717) is 44.9 Å². The molecule has 5 heterocycles. The Balaban J connectivity index is 0.00000880. The maximum Gasteiger partial charge on any atom is 1.00 e. The van der Waals surface area contributed by atoms with Gasteiger partial charge in [0.25, 0.3) is 0 Å². The molecule has 0 amide bonds. The van der Waals surface area contributed by atoms with Crippen LogP contribution in [0.4, 0.5) is 0 Å². The number of carbonyl (C=O) groups excluding carboxylic acids is 2. The van der Waals surface area contributed by atoms with Crippen molar-refractivity contribution >= 4 is 22.3 Å². The smallest absolute Gasteiger partial charge is 0.726 e. The van der Waals surface area contributed by atoms with Crippen LogP contribution in [0.15, 0.2) is 23.8 Å². The van der Waals surface area contributed by atoms with E-state index < -0.39 is 181 Å². The number of aliphatic hydroxyl groups is 8. The van der Waals surface area contributed by atoms with Gasteiger partial charge in [-0.15, -0.1) is 6.58 Å². The van der Waals surface area contributed by atoms with Crippen molar-refractivity contribution in [3.05, 3.63) is 23.8 Å². The fourth-order valence-corrected chi connectivity index (χ4v) is 16.8. The largest absolute Gasteiger partial charge is 1.00 e. The maximum absolute atomic E-state index is 14.7. The Hall–Kier alpha value is -1.39. The van der Waals surface area contributed by atoms with Crippen LogP contribution in [0.25, 0.3) is 0 Å². The number of rotatable bonds is 17. The summed E-state index contributed by atoms with van der Waals surface area (Å²) >= 11 is 0. The number of cyclic esters (lactones) is 1. The molecule has 0 radical (unpaired) electrons. The maximum atomic E-state index is 14.7. The Bertz CT molecular complexity index is 2450. The zero-order chi connectivity index (χ0) is 59.3. The molecule has 9 rings (SSSR count). The molecule has 0 bridgehead atoms. The minimum absolute atomic E-state index is 0. The van der Waals surface area contributed by atoms with Gasteiger partial charge in [0.2, 0.25) is 10.4 Å². The van der Waals surface area contributed by atoms with E-state index in [0.717, 1.165) is 18.4 Å². The molecule has 82 heavy (non-hydrogen) atoms. The molecule has 27 atom stereocenters. The molecule has 8 fully saturated rings. The third kappa shape index (κ3) is 11.8. The quantitative estimate of drug-likeness (QED) is 0.0241. The Morgan fingerprint density at radius 1 is 0.793 bits per heavy atom. The zero-order valence-electron chi connectivity index (χ0n) is 48.5. The van der Waals surface area contributed by atoms with E-state index in [1.807, 2.05) is 13.8 Å². The molecule has 1 unspecified atom stereocenters. The van der Waals surface area contributed by atoms with Gasteiger partial charge in [-0.1, -0.05) is 44.9 Å². The summed E-state index contributed by atoms with van der Waals surface area (Å²) in [5.74, 6) is -0.994. The second kappa shape index (κ2) is 24.9. The molecule has 1 spiro atoms. The number of hydrogen-bond acceptors (Lipinski definition) is 25. The minimum atomic E-state index is -5.41. The first-order valence-corrected chi connectivity index (χ1v) is 29.7. The molecule has 27 heteroatoms. The first kappa shape index (κ1) is 66.6. The van der Waals surface area contributed by atoms with Crippen molar-refractivity contribution in [2.45, 2.75) is 242 Å². The van der Waals surface area contributed by atoms with E-state index in [9.17, 15) is 63.4 Å². The van der Waals surface area contributed by atoms with Crippen LogP contribution in [-0.2, 0) is 76.3 Å². The molecule has 0 aromatic heterocycles. The third-order valence-corrected chi connectivity index (χ3v) is 20.7. The topological polar surface area (TPSA) is 364 Å². The van der Waals surface area contributed by atoms with Crippen LogP contribution in [-0.4, -0.2) is 221 Å². The van der Waals surface area contributed by atoms with Crippen molar-refractivity contribution in [3.63, 3.8) is 0 Å². The van der Waals surface area contributed by atoms with Crippen LogP contribution in [0.5, 0.6) is 0 Å². The molecule has 8 N–H and O–H groups in total. The van der Waals surface area contributed by atoms with Crippen LogP contribution in [0, 0.1) is 39.4 Å². The molecular weight excluding hydrogens is 1120 g/mol. The summed E-state index contributed by atoms with van der Waals surface area (Å²) in [6, 6.07) is 0. The Morgan fingerprint density at radius 3 is 2.09 bits per heavy atom. The summed E-state index contributed by atoms with van der Waals surface area (Å²) in [6.07, 6.45) is -22.6. The van der Waals surface area contributed by atoms with Gasteiger partial charge in [0, 0.05) is 19.4 Å². The van der Waals surface area contributed by atoms with Crippen molar-refractivity contribution < 1.29 is 149 Å². The van der Waals surface area contributed by atoms with Crippen LogP contribution >= 0.6 is 0 Å². The normalized spacial score (nSPS) is 49.0. The second-order valence-corrected chi connectivity index (χ2v) is 26.6. The standard InChI is InChI=1S/C55H86O25S.Na/c1-24(2)12-11-17-54(9)45-30(73-26(4)57)20-53(8)28-13-14-33-51(5,6)34(16-18-52(33,7)27(28)15-19-55(45,53)50(65)79-54)75-49-44(36(60)32(23-71-49)80-81(66,67)68)78-47-38(62)37(61)41(25(3)72-47)76-46-39(63)42(29(58)22-70-46)77-48-40(64)43(69-10)35(59)31(21-56)74-48;/h13,25,27,29-49,56,58-64H,1,11-12,14-23H2,2-10H3,(H,66,67,68);/q;+1/p-1/t25-,27-,29-,30+,31-,32-,33?,34+,35-,36+,37-,38-,39-,40-,41-,42+,43+,44-,45-,46+,47+,48+,49+,52-,53+,54+,55-;/m1./s1. The fraction of sp³-hybridized carbons (Fsp3) is 0.891. The molecule has 3 saturated carbocycles. The second-order valence-electron chi connectivity index (χ2n) is 25.6. The van der Waals surface area contributed by atoms with E-state index in [4.69, 9.17) is 52.1 Å². The van der Waals surface area contributed by atoms with Crippen LogP contribution in [0.2, 0.25) is 0 Å². The van der Waals surface area contributed by atoms with Crippen molar-refractivity contribution in [2.75, 3.05) is 26.9 Å². The summed E-state index contributed by atoms with van der Waals surface area (Å²) in [6.45, 7) is 17.6. The molecule has 0 aromatic rings. The van der Waals surface area contributed by atoms with Crippen molar-refractivity contribution in [2.24, 2.45) is 39.4 Å². The van der Waals surface area contributed by atoms with Gasteiger partial charge < -0.3 is 97.5 Å². The number of aliphatic hydroxyl groups excluding tert-OH is 8. The Morgan fingerprint density at radius 2 is 1.44 bits per heavy atom. The molecular formula is C55H85NaO25S. The number of esters is 2. The average Bonchev–Trinajstić information content (AvgIpc) is 2.04. The molecule has 25 nitrogen and oxygen atoms in total. The molecule has 4 aliphatic carbocycles. The van der Waals surface area contributed by atoms with Gasteiger partial charge in [0.15, 0.2) is 25.2 Å². The van der Waals surface area contributed by atoms with Gasteiger partial charge in [-0.25, -0.2) is 8.42 Å². The summed E-state index contributed by atoms with van der Waals surface area (Å²) in [4.78, 5) is 27.4. The van der Waals surface area contributed by atoms with E-state index in [1.54, 1.807) is 0 Å². The number of ether oxygens (including phenoxy) is 11. The predicted molar refractivity (Wildman–Crippen MR) is 274 cm³/mol. The summed E-state index contributed by atoms with van der Waals surface area (Å²) in [5.41, 5.74) is -1.19. The monoisotopic (exact) mass is 1200 g/mol. The van der Waals surface area contributed by atoms with Gasteiger partial charge >= 0.3 is 41.5 Å². The van der Waals surface area contributed by atoms with Crippen molar-refractivity contribution in [1.82, 2.24) is 0 Å². The van der Waals surface area contributed by atoms with Crippen LogP contribution < -0.4 is 29.6 Å².